The molecule has 0 bridgehead atoms. The number of rotatable bonds is 4. The van der Waals surface area contributed by atoms with Crippen LogP contribution in [-0.2, 0) is 4.74 Å². The van der Waals surface area contributed by atoms with E-state index in [2.05, 4.69) is 26.0 Å². The summed E-state index contributed by atoms with van der Waals surface area (Å²) in [6.07, 6.45) is 3.88. The highest BCUT2D eigenvalue weighted by Gasteiger charge is 2.41. The van der Waals surface area contributed by atoms with Gasteiger partial charge in [0.25, 0.3) is 0 Å². The molecule has 98 valence electrons. The predicted octanol–water partition coefficient (Wildman–Crippen LogP) is 3.95. The number of carbonyl (C=O) groups is 1. The molecule has 0 heterocycles. The van der Waals surface area contributed by atoms with E-state index in [0.29, 0.717) is 5.92 Å². The lowest BCUT2D eigenvalue weighted by Gasteiger charge is -2.25. The fourth-order valence-electron chi connectivity index (χ4n) is 2.75. The Bertz CT molecular complexity index is 411. The number of ether oxygens (including phenoxy) is 1. The van der Waals surface area contributed by atoms with Crippen LogP contribution in [0, 0.1) is 0 Å². The molecule has 18 heavy (non-hydrogen) atoms. The summed E-state index contributed by atoms with van der Waals surface area (Å²) in [7, 11) is 1.66. The summed E-state index contributed by atoms with van der Waals surface area (Å²) in [5, 5.41) is 0. The Balaban J connectivity index is 2.23. The summed E-state index contributed by atoms with van der Waals surface area (Å²) < 4.78 is 5.54. The second-order valence-electron chi connectivity index (χ2n) is 5.51. The lowest BCUT2D eigenvalue weighted by molar-refractivity contribution is 0.00602. The third-order valence-corrected chi connectivity index (χ3v) is 4.06. The van der Waals surface area contributed by atoms with Gasteiger partial charge >= 0.3 is 0 Å². The Kier molecular flexibility index (Phi) is 3.86. The van der Waals surface area contributed by atoms with E-state index in [1.165, 1.54) is 5.56 Å². The molecule has 0 atom stereocenters. The number of carbonyl (C=O) groups excluding carboxylic acids is 1. The predicted molar refractivity (Wildman–Crippen MR) is 73.1 cm³/mol. The molecule has 0 unspecified atom stereocenters. The van der Waals surface area contributed by atoms with Gasteiger partial charge in [0.2, 0.25) is 0 Å². The molecule has 1 aliphatic carbocycles. The van der Waals surface area contributed by atoms with Crippen LogP contribution >= 0.6 is 0 Å². The largest absolute Gasteiger partial charge is 0.370 e. The van der Waals surface area contributed by atoms with Crippen molar-refractivity contribution in [2.24, 2.45) is 0 Å². The third kappa shape index (κ3) is 2.35. The molecule has 0 saturated heterocycles. The molecular formula is C16H22O2. The number of hydrogen-bond donors (Lipinski definition) is 0. The topological polar surface area (TPSA) is 26.3 Å². The van der Waals surface area contributed by atoms with Gasteiger partial charge in [-0.15, -0.1) is 0 Å². The average Bonchev–Trinajstić information content (AvgIpc) is 2.88. The number of Topliss-reactive ketones (excluding diaryl/α,β-unsaturated/α-hetero) is 1. The van der Waals surface area contributed by atoms with Gasteiger partial charge in [0.15, 0.2) is 5.78 Å². The van der Waals surface area contributed by atoms with Crippen molar-refractivity contribution in [1.82, 2.24) is 0 Å². The Hall–Kier alpha value is -1.15. The first-order chi connectivity index (χ1) is 8.59. The molecule has 1 aromatic carbocycles. The summed E-state index contributed by atoms with van der Waals surface area (Å²) in [6.45, 7) is 4.31. The Labute approximate surface area is 109 Å². The number of methoxy groups -OCH3 is 1. The van der Waals surface area contributed by atoms with Gasteiger partial charge in [-0.3, -0.25) is 4.79 Å². The highest BCUT2D eigenvalue weighted by Crippen LogP contribution is 2.35. The van der Waals surface area contributed by atoms with Gasteiger partial charge in [0.1, 0.15) is 5.60 Å². The zero-order valence-electron chi connectivity index (χ0n) is 11.5. The molecule has 0 spiro atoms. The highest BCUT2D eigenvalue weighted by molar-refractivity contribution is 6.02. The zero-order chi connectivity index (χ0) is 13.2. The number of hydrogen-bond acceptors (Lipinski definition) is 2. The summed E-state index contributed by atoms with van der Waals surface area (Å²) in [6, 6.07) is 7.99. The number of ketones is 1. The quantitative estimate of drug-likeness (QED) is 0.752. The monoisotopic (exact) mass is 246 g/mol. The maximum Gasteiger partial charge on any atom is 0.194 e. The SMILES string of the molecule is COC1(C(=O)c2ccc(C(C)C)cc2)CCCC1. The zero-order valence-corrected chi connectivity index (χ0v) is 11.5. The van der Waals surface area contributed by atoms with Crippen LogP contribution in [0.4, 0.5) is 0 Å². The molecule has 1 aromatic rings. The summed E-state index contributed by atoms with van der Waals surface area (Å²) in [5.74, 6) is 0.648. The molecule has 0 aromatic heterocycles. The van der Waals surface area contributed by atoms with Crippen LogP contribution in [0.1, 0.15) is 61.4 Å². The minimum absolute atomic E-state index is 0.151. The van der Waals surface area contributed by atoms with Gasteiger partial charge in [-0.05, 0) is 37.2 Å². The highest BCUT2D eigenvalue weighted by atomic mass is 16.5. The summed E-state index contributed by atoms with van der Waals surface area (Å²) >= 11 is 0. The molecule has 0 N–H and O–H groups in total. The van der Waals surface area contributed by atoms with Crippen LogP contribution in [0.25, 0.3) is 0 Å². The number of benzene rings is 1. The summed E-state index contributed by atoms with van der Waals surface area (Å²) in [5.41, 5.74) is 1.49. The minimum atomic E-state index is -0.556. The van der Waals surface area contributed by atoms with E-state index >= 15 is 0 Å². The molecule has 2 nitrogen and oxygen atoms in total. The third-order valence-electron chi connectivity index (χ3n) is 4.06. The van der Waals surface area contributed by atoms with Crippen molar-refractivity contribution in [3.63, 3.8) is 0 Å². The van der Waals surface area contributed by atoms with Crippen LogP contribution in [0.15, 0.2) is 24.3 Å². The molecule has 2 heteroatoms. The van der Waals surface area contributed by atoms with E-state index < -0.39 is 5.60 Å². The van der Waals surface area contributed by atoms with E-state index in [1.807, 2.05) is 12.1 Å². The Morgan fingerprint density at radius 1 is 1.17 bits per heavy atom. The van der Waals surface area contributed by atoms with Crippen molar-refractivity contribution in [3.8, 4) is 0 Å². The Morgan fingerprint density at radius 2 is 1.72 bits per heavy atom. The van der Waals surface area contributed by atoms with Gasteiger partial charge in [-0.25, -0.2) is 0 Å². The van der Waals surface area contributed by atoms with Gasteiger partial charge in [0.05, 0.1) is 0 Å². The van der Waals surface area contributed by atoms with Gasteiger partial charge in [-0.1, -0.05) is 38.1 Å². The lowest BCUT2D eigenvalue weighted by atomic mass is 9.90. The van der Waals surface area contributed by atoms with Crippen molar-refractivity contribution in [2.75, 3.05) is 7.11 Å². The maximum absolute atomic E-state index is 12.6. The first kappa shape index (κ1) is 13.3. The van der Waals surface area contributed by atoms with E-state index in [-0.39, 0.29) is 5.78 Å². The van der Waals surface area contributed by atoms with Crippen LogP contribution in [0.3, 0.4) is 0 Å². The average molecular weight is 246 g/mol. The van der Waals surface area contributed by atoms with Crippen molar-refractivity contribution < 1.29 is 9.53 Å². The normalized spacial score (nSPS) is 18.2. The minimum Gasteiger partial charge on any atom is -0.370 e. The first-order valence-electron chi connectivity index (χ1n) is 6.79. The second kappa shape index (κ2) is 5.23. The lowest BCUT2D eigenvalue weighted by Crippen LogP contribution is -2.37. The first-order valence-corrected chi connectivity index (χ1v) is 6.79. The fraction of sp³-hybridized carbons (Fsp3) is 0.562. The molecule has 1 fully saturated rings. The molecule has 2 rings (SSSR count). The van der Waals surface area contributed by atoms with Crippen LogP contribution in [0.2, 0.25) is 0 Å². The Morgan fingerprint density at radius 3 is 2.17 bits per heavy atom. The van der Waals surface area contributed by atoms with Crippen LogP contribution in [-0.4, -0.2) is 18.5 Å². The van der Waals surface area contributed by atoms with Crippen molar-refractivity contribution >= 4 is 5.78 Å². The smallest absolute Gasteiger partial charge is 0.194 e. The molecule has 0 amide bonds. The second-order valence-corrected chi connectivity index (χ2v) is 5.51. The van der Waals surface area contributed by atoms with E-state index in [4.69, 9.17) is 4.74 Å². The maximum atomic E-state index is 12.6. The van der Waals surface area contributed by atoms with Gasteiger partial charge in [0, 0.05) is 12.7 Å². The van der Waals surface area contributed by atoms with E-state index in [1.54, 1.807) is 7.11 Å². The molecule has 0 aliphatic heterocycles. The van der Waals surface area contributed by atoms with Crippen LogP contribution < -0.4 is 0 Å². The fourth-order valence-corrected chi connectivity index (χ4v) is 2.75. The molecule has 1 saturated carbocycles. The van der Waals surface area contributed by atoms with Gasteiger partial charge in [-0.2, -0.15) is 0 Å². The molecule has 1 aliphatic rings. The van der Waals surface area contributed by atoms with Crippen molar-refractivity contribution in [2.45, 2.75) is 51.0 Å². The molecule has 0 radical (unpaired) electrons. The van der Waals surface area contributed by atoms with E-state index in [0.717, 1.165) is 31.2 Å². The van der Waals surface area contributed by atoms with Crippen molar-refractivity contribution in [3.05, 3.63) is 35.4 Å². The van der Waals surface area contributed by atoms with E-state index in [9.17, 15) is 4.79 Å². The van der Waals surface area contributed by atoms with Gasteiger partial charge < -0.3 is 4.74 Å². The molecular weight excluding hydrogens is 224 g/mol. The van der Waals surface area contributed by atoms with Crippen molar-refractivity contribution in [1.29, 1.82) is 0 Å². The summed E-state index contributed by atoms with van der Waals surface area (Å²) in [4.78, 5) is 12.6. The standard InChI is InChI=1S/C16H22O2/c1-12(2)13-6-8-14(9-7-13)15(17)16(18-3)10-4-5-11-16/h6-9,12H,4-5,10-11H2,1-3H3. The van der Waals surface area contributed by atoms with Crippen LogP contribution in [0.5, 0.6) is 0 Å².